The maximum absolute atomic E-state index is 12.5. The predicted molar refractivity (Wildman–Crippen MR) is 97.8 cm³/mol. The number of hydrogen-bond acceptors (Lipinski definition) is 4. The molecule has 0 bridgehead atoms. The normalized spacial score (nSPS) is 10.4. The van der Waals surface area contributed by atoms with Gasteiger partial charge >= 0.3 is 11.9 Å². The van der Waals surface area contributed by atoms with E-state index in [4.69, 9.17) is 9.47 Å². The van der Waals surface area contributed by atoms with Crippen molar-refractivity contribution in [2.45, 2.75) is 40.0 Å². The van der Waals surface area contributed by atoms with Crippen LogP contribution in [0.2, 0.25) is 0 Å². The smallest absolute Gasteiger partial charge is 0.324 e. The van der Waals surface area contributed by atoms with Crippen molar-refractivity contribution < 1.29 is 19.1 Å². The molecule has 0 aliphatic heterocycles. The second kappa shape index (κ2) is 10.4. The lowest BCUT2D eigenvalue weighted by Gasteiger charge is -2.26. The van der Waals surface area contributed by atoms with Crippen LogP contribution >= 0.6 is 0 Å². The van der Waals surface area contributed by atoms with Crippen LogP contribution in [0.4, 0.5) is 0 Å². The van der Waals surface area contributed by atoms with Gasteiger partial charge in [0.1, 0.15) is 0 Å². The van der Waals surface area contributed by atoms with Crippen molar-refractivity contribution in [2.75, 3.05) is 13.2 Å². The van der Waals surface area contributed by atoms with Gasteiger partial charge in [-0.1, -0.05) is 37.0 Å². The Hall–Kier alpha value is -2.54. The standard InChI is InChI=1S/C21H26O4/c1-5-15-21(19(22)24-7-3,20(23)25-8-4)16-9-10-18-13-11-17(6-2)12-14-18/h5,11-14H,1,6-8,15-16H2,2-4H3. The molecule has 1 aromatic carbocycles. The second-order valence-corrected chi connectivity index (χ2v) is 5.54. The summed E-state index contributed by atoms with van der Waals surface area (Å²) in [6, 6.07) is 7.88. The van der Waals surface area contributed by atoms with Crippen LogP contribution in [0.25, 0.3) is 0 Å². The molecule has 0 unspecified atom stereocenters. The number of hydrogen-bond donors (Lipinski definition) is 0. The molecule has 4 heteroatoms. The SMILES string of the molecule is C=CCC(CC#Cc1ccc(CC)cc1)(C(=O)OCC)C(=O)OCC. The minimum atomic E-state index is -1.47. The van der Waals surface area contributed by atoms with Gasteiger partial charge in [0, 0.05) is 12.0 Å². The lowest BCUT2D eigenvalue weighted by atomic mass is 9.81. The van der Waals surface area contributed by atoms with Gasteiger partial charge in [-0.2, -0.15) is 0 Å². The molecule has 0 saturated carbocycles. The molecule has 0 spiro atoms. The summed E-state index contributed by atoms with van der Waals surface area (Å²) >= 11 is 0. The Morgan fingerprint density at radius 3 is 2.08 bits per heavy atom. The van der Waals surface area contributed by atoms with Crippen molar-refractivity contribution in [1.29, 1.82) is 0 Å². The predicted octanol–water partition coefficient (Wildman–Crippen LogP) is 3.68. The third-order valence-corrected chi connectivity index (χ3v) is 3.81. The third kappa shape index (κ3) is 5.49. The molecule has 0 aromatic heterocycles. The Morgan fingerprint density at radius 1 is 1.08 bits per heavy atom. The first kappa shape index (κ1) is 20.5. The van der Waals surface area contributed by atoms with E-state index >= 15 is 0 Å². The van der Waals surface area contributed by atoms with Gasteiger partial charge in [0.2, 0.25) is 0 Å². The number of carbonyl (C=O) groups excluding carboxylic acids is 2. The van der Waals surface area contributed by atoms with Gasteiger partial charge in [0.05, 0.1) is 13.2 Å². The zero-order chi connectivity index (χ0) is 18.7. The topological polar surface area (TPSA) is 52.6 Å². The first-order valence-corrected chi connectivity index (χ1v) is 8.57. The summed E-state index contributed by atoms with van der Waals surface area (Å²) in [5.41, 5.74) is 0.589. The molecule has 0 radical (unpaired) electrons. The van der Waals surface area contributed by atoms with E-state index in [0.717, 1.165) is 12.0 Å². The van der Waals surface area contributed by atoms with Gasteiger partial charge in [-0.3, -0.25) is 9.59 Å². The maximum Gasteiger partial charge on any atom is 0.324 e. The number of carbonyl (C=O) groups is 2. The van der Waals surface area contributed by atoms with E-state index in [9.17, 15) is 9.59 Å². The van der Waals surface area contributed by atoms with Crippen molar-refractivity contribution >= 4 is 11.9 Å². The van der Waals surface area contributed by atoms with Gasteiger partial charge in [0.25, 0.3) is 0 Å². The Morgan fingerprint density at radius 2 is 1.64 bits per heavy atom. The highest BCUT2D eigenvalue weighted by Crippen LogP contribution is 2.31. The average molecular weight is 342 g/mol. The molecule has 0 heterocycles. The molecule has 0 fully saturated rings. The number of benzene rings is 1. The number of esters is 2. The van der Waals surface area contributed by atoms with Crippen molar-refractivity contribution in [1.82, 2.24) is 0 Å². The monoisotopic (exact) mass is 342 g/mol. The lowest BCUT2D eigenvalue weighted by molar-refractivity contribution is -0.171. The molecule has 0 aliphatic carbocycles. The summed E-state index contributed by atoms with van der Waals surface area (Å²) in [7, 11) is 0. The van der Waals surface area contributed by atoms with E-state index < -0.39 is 17.4 Å². The molecule has 0 aliphatic rings. The summed E-state index contributed by atoms with van der Waals surface area (Å²) in [6.07, 6.45) is 2.62. The third-order valence-electron chi connectivity index (χ3n) is 3.81. The first-order valence-electron chi connectivity index (χ1n) is 8.57. The van der Waals surface area contributed by atoms with Crippen LogP contribution in [-0.4, -0.2) is 25.2 Å². The van der Waals surface area contributed by atoms with Gasteiger partial charge in [-0.05, 0) is 44.4 Å². The number of allylic oxidation sites excluding steroid dienone is 1. The van der Waals surface area contributed by atoms with E-state index in [1.807, 2.05) is 24.3 Å². The highest BCUT2D eigenvalue weighted by Gasteiger charge is 2.47. The Labute approximate surface area is 150 Å². The minimum Gasteiger partial charge on any atom is -0.465 e. The van der Waals surface area contributed by atoms with Gasteiger partial charge in [0.15, 0.2) is 5.41 Å². The molecular weight excluding hydrogens is 316 g/mol. The summed E-state index contributed by atoms with van der Waals surface area (Å²) < 4.78 is 10.2. The Kier molecular flexibility index (Phi) is 8.49. The van der Waals surface area contributed by atoms with Crippen LogP contribution in [-0.2, 0) is 25.5 Å². The molecule has 0 saturated heterocycles. The summed E-state index contributed by atoms with van der Waals surface area (Å²) in [6.45, 7) is 9.50. The van der Waals surface area contributed by atoms with Crippen LogP contribution in [0.15, 0.2) is 36.9 Å². The molecular formula is C21H26O4. The molecule has 4 nitrogen and oxygen atoms in total. The van der Waals surface area contributed by atoms with Crippen LogP contribution < -0.4 is 0 Å². The van der Waals surface area contributed by atoms with Gasteiger partial charge < -0.3 is 9.47 Å². The van der Waals surface area contributed by atoms with Gasteiger partial charge in [-0.15, -0.1) is 6.58 Å². The van der Waals surface area contributed by atoms with Crippen molar-refractivity contribution in [3.05, 3.63) is 48.0 Å². The quantitative estimate of drug-likeness (QED) is 0.313. The maximum atomic E-state index is 12.5. The van der Waals surface area contributed by atoms with E-state index in [1.165, 1.54) is 11.6 Å². The molecule has 134 valence electrons. The molecule has 1 rings (SSSR count). The van der Waals surface area contributed by atoms with Crippen LogP contribution in [0.3, 0.4) is 0 Å². The summed E-state index contributed by atoms with van der Waals surface area (Å²) in [4.78, 5) is 24.9. The van der Waals surface area contributed by atoms with Crippen LogP contribution in [0, 0.1) is 17.3 Å². The average Bonchev–Trinajstić information content (AvgIpc) is 2.61. The highest BCUT2D eigenvalue weighted by atomic mass is 16.6. The fourth-order valence-electron chi connectivity index (χ4n) is 2.37. The fraction of sp³-hybridized carbons (Fsp3) is 0.429. The molecule has 0 atom stereocenters. The zero-order valence-electron chi connectivity index (χ0n) is 15.3. The van der Waals surface area contributed by atoms with Gasteiger partial charge in [-0.25, -0.2) is 0 Å². The minimum absolute atomic E-state index is 0.0201. The van der Waals surface area contributed by atoms with E-state index in [0.29, 0.717) is 0 Å². The van der Waals surface area contributed by atoms with E-state index in [1.54, 1.807) is 13.8 Å². The second-order valence-electron chi connectivity index (χ2n) is 5.54. The van der Waals surface area contributed by atoms with E-state index in [2.05, 4.69) is 25.3 Å². The van der Waals surface area contributed by atoms with Crippen molar-refractivity contribution in [3.63, 3.8) is 0 Å². The highest BCUT2D eigenvalue weighted by molar-refractivity contribution is 6.00. The van der Waals surface area contributed by atoms with Crippen molar-refractivity contribution in [2.24, 2.45) is 5.41 Å². The molecule has 0 N–H and O–H groups in total. The van der Waals surface area contributed by atoms with Crippen molar-refractivity contribution in [3.8, 4) is 11.8 Å². The lowest BCUT2D eigenvalue weighted by Crippen LogP contribution is -2.41. The summed E-state index contributed by atoms with van der Waals surface area (Å²) in [5.74, 6) is 4.71. The summed E-state index contributed by atoms with van der Waals surface area (Å²) in [5, 5.41) is 0. The fourth-order valence-corrected chi connectivity index (χ4v) is 2.37. The zero-order valence-corrected chi connectivity index (χ0v) is 15.3. The van der Waals surface area contributed by atoms with Crippen LogP contribution in [0.1, 0.15) is 44.7 Å². The van der Waals surface area contributed by atoms with Crippen LogP contribution in [0.5, 0.6) is 0 Å². The molecule has 25 heavy (non-hydrogen) atoms. The Balaban J connectivity index is 3.10. The first-order chi connectivity index (χ1) is 12.0. The van der Waals surface area contributed by atoms with E-state index in [-0.39, 0.29) is 26.1 Å². The Bertz CT molecular complexity index is 629. The largest absolute Gasteiger partial charge is 0.465 e. The number of aryl methyl sites for hydroxylation is 1. The molecule has 1 aromatic rings. The number of rotatable bonds is 8. The number of ether oxygens (including phenoxy) is 2. The molecule has 0 amide bonds.